The molecule has 0 aromatic carbocycles. The van der Waals surface area contributed by atoms with Gasteiger partial charge in [0.2, 0.25) is 5.91 Å². The van der Waals surface area contributed by atoms with E-state index in [0.717, 1.165) is 6.42 Å². The first kappa shape index (κ1) is 12.6. The monoisotopic (exact) mass is 240 g/mol. The molecule has 1 amide bonds. The number of thiocarbonyl (C=S) groups is 1. The number of carbonyl (C=O) groups is 1. The number of rotatable bonds is 5. The molecule has 0 radical (unpaired) electrons. The summed E-state index contributed by atoms with van der Waals surface area (Å²) in [6.07, 6.45) is 4.74. The van der Waals surface area contributed by atoms with Crippen LogP contribution in [0.2, 0.25) is 0 Å². The fraction of sp³-hybridized carbons (Fsp3) is 0.500. The molecule has 0 atom stereocenters. The highest BCUT2D eigenvalue weighted by Gasteiger charge is 2.07. The van der Waals surface area contributed by atoms with Gasteiger partial charge in [0, 0.05) is 39.5 Å². The molecule has 1 heterocycles. The SMILES string of the molecule is CN(C)C(=O)CCCn1ccnc1C(N)=S. The Labute approximate surface area is 100 Å². The third kappa shape index (κ3) is 3.30. The summed E-state index contributed by atoms with van der Waals surface area (Å²) in [6.45, 7) is 0.701. The van der Waals surface area contributed by atoms with Gasteiger partial charge in [0.05, 0.1) is 0 Å². The van der Waals surface area contributed by atoms with Gasteiger partial charge in [-0.15, -0.1) is 0 Å². The van der Waals surface area contributed by atoms with Crippen LogP contribution < -0.4 is 5.73 Å². The normalized spacial score (nSPS) is 10.1. The summed E-state index contributed by atoms with van der Waals surface area (Å²) < 4.78 is 1.87. The molecule has 88 valence electrons. The number of imidazole rings is 1. The molecular formula is C10H16N4OS. The molecule has 1 rings (SSSR count). The molecule has 16 heavy (non-hydrogen) atoms. The molecule has 1 aromatic heterocycles. The summed E-state index contributed by atoms with van der Waals surface area (Å²) in [7, 11) is 3.50. The van der Waals surface area contributed by atoms with Crippen molar-refractivity contribution in [3.63, 3.8) is 0 Å². The Morgan fingerprint density at radius 3 is 2.88 bits per heavy atom. The molecule has 0 bridgehead atoms. The van der Waals surface area contributed by atoms with Gasteiger partial charge >= 0.3 is 0 Å². The highest BCUT2D eigenvalue weighted by Crippen LogP contribution is 2.02. The van der Waals surface area contributed by atoms with E-state index in [1.807, 2.05) is 10.8 Å². The second kappa shape index (κ2) is 5.60. The molecule has 6 heteroatoms. The largest absolute Gasteiger partial charge is 0.387 e. The molecule has 1 aromatic rings. The Morgan fingerprint density at radius 2 is 2.31 bits per heavy atom. The highest BCUT2D eigenvalue weighted by atomic mass is 32.1. The van der Waals surface area contributed by atoms with Crippen LogP contribution in [0, 0.1) is 0 Å². The molecule has 0 aliphatic carbocycles. The fourth-order valence-corrected chi connectivity index (χ4v) is 1.51. The maximum atomic E-state index is 11.3. The van der Waals surface area contributed by atoms with E-state index in [9.17, 15) is 4.79 Å². The zero-order valence-corrected chi connectivity index (χ0v) is 10.3. The van der Waals surface area contributed by atoms with Crippen LogP contribution in [0.1, 0.15) is 18.7 Å². The van der Waals surface area contributed by atoms with E-state index in [0.29, 0.717) is 18.8 Å². The maximum absolute atomic E-state index is 11.3. The smallest absolute Gasteiger partial charge is 0.222 e. The minimum absolute atomic E-state index is 0.122. The first-order valence-corrected chi connectivity index (χ1v) is 5.44. The van der Waals surface area contributed by atoms with Crippen LogP contribution in [0.25, 0.3) is 0 Å². The summed E-state index contributed by atoms with van der Waals surface area (Å²) in [4.78, 5) is 17.3. The molecule has 0 saturated carbocycles. The number of amides is 1. The third-order valence-corrected chi connectivity index (χ3v) is 2.41. The third-order valence-electron chi connectivity index (χ3n) is 2.22. The predicted octanol–water partition coefficient (Wildman–Crippen LogP) is 0.386. The van der Waals surface area contributed by atoms with Crippen LogP contribution in [0.3, 0.4) is 0 Å². The Kier molecular flexibility index (Phi) is 4.42. The number of carbonyl (C=O) groups excluding carboxylic acids is 1. The number of nitrogens with zero attached hydrogens (tertiary/aromatic N) is 3. The van der Waals surface area contributed by atoms with Crippen molar-refractivity contribution in [1.82, 2.24) is 14.5 Å². The van der Waals surface area contributed by atoms with Crippen LogP contribution in [-0.4, -0.2) is 39.4 Å². The lowest BCUT2D eigenvalue weighted by Gasteiger charge is -2.10. The van der Waals surface area contributed by atoms with Gasteiger partial charge in [-0.1, -0.05) is 12.2 Å². The maximum Gasteiger partial charge on any atom is 0.222 e. The second-order valence-corrected chi connectivity index (χ2v) is 4.14. The predicted molar refractivity (Wildman–Crippen MR) is 66.0 cm³/mol. The molecule has 0 spiro atoms. The first-order valence-electron chi connectivity index (χ1n) is 5.03. The first-order chi connectivity index (χ1) is 7.52. The average Bonchev–Trinajstić information content (AvgIpc) is 2.65. The highest BCUT2D eigenvalue weighted by molar-refractivity contribution is 7.80. The molecule has 0 saturated heterocycles. The summed E-state index contributed by atoms with van der Waals surface area (Å²) in [5.41, 5.74) is 5.51. The lowest BCUT2D eigenvalue weighted by molar-refractivity contribution is -0.128. The summed E-state index contributed by atoms with van der Waals surface area (Å²) in [5.74, 6) is 0.726. The molecule has 0 aliphatic heterocycles. The number of nitrogens with two attached hydrogens (primary N) is 1. The van der Waals surface area contributed by atoms with Crippen molar-refractivity contribution in [2.75, 3.05) is 14.1 Å². The fourth-order valence-electron chi connectivity index (χ4n) is 1.34. The van der Waals surface area contributed by atoms with Gasteiger partial charge in [-0.05, 0) is 6.42 Å². The van der Waals surface area contributed by atoms with E-state index in [-0.39, 0.29) is 10.9 Å². The number of hydrogen-bond donors (Lipinski definition) is 1. The summed E-state index contributed by atoms with van der Waals surface area (Å²) >= 11 is 4.87. The zero-order chi connectivity index (χ0) is 12.1. The van der Waals surface area contributed by atoms with E-state index in [1.165, 1.54) is 0 Å². The molecule has 5 nitrogen and oxygen atoms in total. The van der Waals surface area contributed by atoms with E-state index in [4.69, 9.17) is 18.0 Å². The van der Waals surface area contributed by atoms with E-state index >= 15 is 0 Å². The summed E-state index contributed by atoms with van der Waals surface area (Å²) in [6, 6.07) is 0. The quantitative estimate of drug-likeness (QED) is 0.756. The molecule has 0 unspecified atom stereocenters. The minimum Gasteiger partial charge on any atom is -0.387 e. The van der Waals surface area contributed by atoms with E-state index in [2.05, 4.69) is 4.98 Å². The Hall–Kier alpha value is -1.43. The van der Waals surface area contributed by atoms with Crippen LogP contribution in [0.15, 0.2) is 12.4 Å². The molecule has 0 aliphatic rings. The Bertz CT molecular complexity index is 386. The van der Waals surface area contributed by atoms with Crippen molar-refractivity contribution in [2.24, 2.45) is 5.73 Å². The van der Waals surface area contributed by atoms with Gasteiger partial charge in [0.1, 0.15) is 4.99 Å². The van der Waals surface area contributed by atoms with E-state index < -0.39 is 0 Å². The number of aryl methyl sites for hydroxylation is 1. The van der Waals surface area contributed by atoms with Crippen LogP contribution in [0.5, 0.6) is 0 Å². The van der Waals surface area contributed by atoms with Crippen molar-refractivity contribution >= 4 is 23.1 Å². The lowest BCUT2D eigenvalue weighted by Crippen LogP contribution is -2.22. The second-order valence-electron chi connectivity index (χ2n) is 3.70. The standard InChI is InChI=1S/C10H16N4OS/c1-13(2)8(15)4-3-6-14-7-5-12-10(14)9(11)16/h5,7H,3-4,6H2,1-2H3,(H2,11,16). The van der Waals surface area contributed by atoms with Gasteiger partial charge in [-0.3, -0.25) is 4.79 Å². The van der Waals surface area contributed by atoms with Crippen molar-refractivity contribution in [1.29, 1.82) is 0 Å². The molecule has 2 N–H and O–H groups in total. The van der Waals surface area contributed by atoms with Crippen molar-refractivity contribution in [3.05, 3.63) is 18.2 Å². The molecule has 0 fully saturated rings. The lowest BCUT2D eigenvalue weighted by atomic mass is 10.3. The van der Waals surface area contributed by atoms with Gasteiger partial charge in [-0.25, -0.2) is 4.98 Å². The number of hydrogen-bond acceptors (Lipinski definition) is 3. The molecular weight excluding hydrogens is 224 g/mol. The van der Waals surface area contributed by atoms with Gasteiger partial charge in [0.15, 0.2) is 5.82 Å². The van der Waals surface area contributed by atoms with Crippen molar-refractivity contribution < 1.29 is 4.79 Å². The van der Waals surface area contributed by atoms with Crippen LogP contribution in [-0.2, 0) is 11.3 Å². The van der Waals surface area contributed by atoms with Crippen molar-refractivity contribution in [2.45, 2.75) is 19.4 Å². The minimum atomic E-state index is 0.122. The van der Waals surface area contributed by atoms with Gasteiger partial charge in [0.25, 0.3) is 0 Å². The topological polar surface area (TPSA) is 64.2 Å². The van der Waals surface area contributed by atoms with Crippen LogP contribution >= 0.6 is 12.2 Å². The Balaban J connectivity index is 2.46. The van der Waals surface area contributed by atoms with Crippen molar-refractivity contribution in [3.8, 4) is 0 Å². The summed E-state index contributed by atoms with van der Waals surface area (Å²) in [5, 5.41) is 0. The van der Waals surface area contributed by atoms with E-state index in [1.54, 1.807) is 25.2 Å². The average molecular weight is 240 g/mol. The zero-order valence-electron chi connectivity index (χ0n) is 9.51. The van der Waals surface area contributed by atoms with Crippen LogP contribution in [0.4, 0.5) is 0 Å². The van der Waals surface area contributed by atoms with Gasteiger partial charge in [-0.2, -0.15) is 0 Å². The number of aromatic nitrogens is 2. The Morgan fingerprint density at radius 1 is 1.62 bits per heavy atom. The van der Waals surface area contributed by atoms with Gasteiger partial charge < -0.3 is 15.2 Å².